The Morgan fingerprint density at radius 1 is 1.33 bits per heavy atom. The van der Waals surface area contributed by atoms with Gasteiger partial charge in [-0.3, -0.25) is 4.79 Å². The molecule has 0 spiro atoms. The maximum Gasteiger partial charge on any atom is 0.451 e. The Morgan fingerprint density at radius 3 is 2.54 bits per heavy atom. The van der Waals surface area contributed by atoms with Gasteiger partial charge in [-0.15, -0.1) is 10.2 Å². The molecule has 0 aliphatic carbocycles. The molecule has 0 saturated heterocycles. The lowest BCUT2D eigenvalue weighted by atomic mass is 10.3. The predicted octanol–water partition coefficient (Wildman–Crippen LogP) is 4.26. The van der Waals surface area contributed by atoms with Crippen LogP contribution >= 0.6 is 35.0 Å². The summed E-state index contributed by atoms with van der Waals surface area (Å²) in [4.78, 5) is 12.2. The molecule has 1 atom stereocenters. The van der Waals surface area contributed by atoms with E-state index < -0.39 is 23.2 Å². The predicted molar refractivity (Wildman–Crippen MR) is 86.4 cm³/mol. The Kier molecular flexibility index (Phi) is 5.67. The van der Waals surface area contributed by atoms with E-state index in [1.807, 2.05) is 0 Å². The zero-order valence-corrected chi connectivity index (χ0v) is 14.7. The Morgan fingerprint density at radius 2 is 2.00 bits per heavy atom. The average molecular weight is 399 g/mol. The lowest BCUT2D eigenvalue weighted by Crippen LogP contribution is -2.23. The smallest absolute Gasteiger partial charge is 0.324 e. The van der Waals surface area contributed by atoms with Gasteiger partial charge < -0.3 is 9.88 Å². The molecule has 1 aromatic heterocycles. The quantitative estimate of drug-likeness (QED) is 0.781. The minimum absolute atomic E-state index is 0.0211. The number of hydrogen-bond donors (Lipinski definition) is 1. The van der Waals surface area contributed by atoms with Gasteiger partial charge in [0.05, 0.1) is 16.0 Å². The van der Waals surface area contributed by atoms with E-state index in [0.717, 1.165) is 16.3 Å². The number of halogens is 5. The van der Waals surface area contributed by atoms with Crippen LogP contribution in [0.4, 0.5) is 18.9 Å². The number of alkyl halides is 3. The first-order chi connectivity index (χ1) is 11.1. The molecule has 1 N–H and O–H groups in total. The zero-order chi connectivity index (χ0) is 18.1. The van der Waals surface area contributed by atoms with Crippen LogP contribution < -0.4 is 5.32 Å². The number of carbonyl (C=O) groups is 1. The molecule has 1 heterocycles. The van der Waals surface area contributed by atoms with Crippen LogP contribution in [0.5, 0.6) is 0 Å². The van der Waals surface area contributed by atoms with Gasteiger partial charge in [0.15, 0.2) is 5.16 Å². The molecule has 11 heteroatoms. The molecule has 0 aliphatic rings. The first kappa shape index (κ1) is 18.9. The Hall–Kier alpha value is -1.45. The highest BCUT2D eigenvalue weighted by atomic mass is 35.5. The maximum absolute atomic E-state index is 12.7. The molecule has 24 heavy (non-hydrogen) atoms. The van der Waals surface area contributed by atoms with Crippen molar-refractivity contribution >= 4 is 46.6 Å². The standard InChI is InChI=1S/C13H11Cl2F3N4OS/c1-6(10(23)19-9-4-3-7(14)5-8(9)15)24-12-21-20-11(22(12)2)13(16,17)18/h3-6H,1-2H3,(H,19,23). The highest BCUT2D eigenvalue weighted by Crippen LogP contribution is 2.31. The molecular weight excluding hydrogens is 388 g/mol. The van der Waals surface area contributed by atoms with Crippen LogP contribution in [-0.4, -0.2) is 25.9 Å². The van der Waals surface area contributed by atoms with Gasteiger partial charge in [0.1, 0.15) is 0 Å². The van der Waals surface area contributed by atoms with Crippen molar-refractivity contribution in [2.75, 3.05) is 5.32 Å². The fourth-order valence-corrected chi connectivity index (χ4v) is 2.97. The van der Waals surface area contributed by atoms with E-state index in [-0.39, 0.29) is 10.2 Å². The van der Waals surface area contributed by atoms with E-state index in [4.69, 9.17) is 23.2 Å². The fraction of sp³-hybridized carbons (Fsp3) is 0.308. The van der Waals surface area contributed by atoms with Crippen molar-refractivity contribution in [3.8, 4) is 0 Å². The number of benzene rings is 1. The fourth-order valence-electron chi connectivity index (χ4n) is 1.70. The number of amides is 1. The summed E-state index contributed by atoms with van der Waals surface area (Å²) in [6.45, 7) is 1.53. The normalized spacial score (nSPS) is 13.0. The Bertz CT molecular complexity index is 766. The number of thioether (sulfide) groups is 1. The van der Waals surface area contributed by atoms with Gasteiger partial charge in [-0.05, 0) is 25.1 Å². The number of nitrogens with zero attached hydrogens (tertiary/aromatic N) is 3. The van der Waals surface area contributed by atoms with E-state index in [2.05, 4.69) is 15.5 Å². The number of nitrogens with one attached hydrogen (secondary N) is 1. The number of anilines is 1. The van der Waals surface area contributed by atoms with Crippen molar-refractivity contribution in [2.45, 2.75) is 23.5 Å². The van der Waals surface area contributed by atoms with Crippen molar-refractivity contribution in [1.82, 2.24) is 14.8 Å². The third-order valence-corrected chi connectivity index (χ3v) is 4.61. The topological polar surface area (TPSA) is 59.8 Å². The molecule has 1 amide bonds. The largest absolute Gasteiger partial charge is 0.451 e. The maximum atomic E-state index is 12.7. The van der Waals surface area contributed by atoms with Crippen molar-refractivity contribution in [3.63, 3.8) is 0 Å². The molecule has 1 unspecified atom stereocenters. The van der Waals surface area contributed by atoms with Gasteiger partial charge in [-0.1, -0.05) is 35.0 Å². The molecule has 5 nitrogen and oxygen atoms in total. The van der Waals surface area contributed by atoms with Crippen LogP contribution in [0.3, 0.4) is 0 Å². The third kappa shape index (κ3) is 4.34. The second-order valence-corrected chi connectivity index (χ2v) is 6.89. The van der Waals surface area contributed by atoms with Gasteiger partial charge in [-0.25, -0.2) is 0 Å². The first-order valence-electron chi connectivity index (χ1n) is 6.48. The minimum atomic E-state index is -4.61. The van der Waals surface area contributed by atoms with Crippen LogP contribution in [0.15, 0.2) is 23.4 Å². The molecule has 0 radical (unpaired) electrons. The summed E-state index contributed by atoms with van der Waals surface area (Å²) >= 11 is 12.6. The van der Waals surface area contributed by atoms with Gasteiger partial charge in [0.2, 0.25) is 11.7 Å². The summed E-state index contributed by atoms with van der Waals surface area (Å²) in [5.41, 5.74) is 0.354. The Balaban J connectivity index is 2.08. The van der Waals surface area contributed by atoms with E-state index in [0.29, 0.717) is 10.7 Å². The van der Waals surface area contributed by atoms with Crippen molar-refractivity contribution < 1.29 is 18.0 Å². The summed E-state index contributed by atoms with van der Waals surface area (Å²) in [5.74, 6) is -1.57. The van der Waals surface area contributed by atoms with Crippen molar-refractivity contribution in [1.29, 1.82) is 0 Å². The Labute approximate surface area is 149 Å². The second kappa shape index (κ2) is 7.20. The molecular formula is C13H11Cl2F3N4OS. The third-order valence-electron chi connectivity index (χ3n) is 2.93. The van der Waals surface area contributed by atoms with E-state index in [1.165, 1.54) is 26.1 Å². The molecule has 130 valence electrons. The summed E-state index contributed by atoms with van der Waals surface area (Å²) in [5, 5.41) is 9.09. The molecule has 1 aromatic carbocycles. The van der Waals surface area contributed by atoms with Crippen molar-refractivity contribution in [2.24, 2.45) is 7.05 Å². The second-order valence-electron chi connectivity index (χ2n) is 4.74. The average Bonchev–Trinajstić information content (AvgIpc) is 2.83. The number of hydrogen-bond acceptors (Lipinski definition) is 4. The molecule has 2 rings (SSSR count). The van der Waals surface area contributed by atoms with Crippen LogP contribution in [-0.2, 0) is 18.0 Å². The summed E-state index contributed by atoms with van der Waals surface area (Å²) in [6.07, 6.45) is -4.61. The zero-order valence-electron chi connectivity index (χ0n) is 12.4. The van der Waals surface area contributed by atoms with Crippen molar-refractivity contribution in [3.05, 3.63) is 34.1 Å². The number of aromatic nitrogens is 3. The lowest BCUT2D eigenvalue weighted by molar-refractivity contribution is -0.147. The van der Waals surface area contributed by atoms with Crippen LogP contribution in [0.2, 0.25) is 10.0 Å². The van der Waals surface area contributed by atoms with Gasteiger partial charge >= 0.3 is 6.18 Å². The van der Waals surface area contributed by atoms with Crippen LogP contribution in [0.25, 0.3) is 0 Å². The SMILES string of the molecule is CC(Sc1nnc(C(F)(F)F)n1C)C(=O)Nc1ccc(Cl)cc1Cl. The van der Waals surface area contributed by atoms with E-state index >= 15 is 0 Å². The van der Waals surface area contributed by atoms with E-state index in [1.54, 1.807) is 6.07 Å². The monoisotopic (exact) mass is 398 g/mol. The number of rotatable bonds is 4. The molecule has 2 aromatic rings. The molecule has 0 aliphatic heterocycles. The highest BCUT2D eigenvalue weighted by Gasteiger charge is 2.37. The van der Waals surface area contributed by atoms with Crippen LogP contribution in [0.1, 0.15) is 12.7 Å². The van der Waals surface area contributed by atoms with Gasteiger partial charge in [-0.2, -0.15) is 13.2 Å². The number of carbonyl (C=O) groups excluding carboxylic acids is 1. The van der Waals surface area contributed by atoms with Gasteiger partial charge in [0, 0.05) is 12.1 Å². The lowest BCUT2D eigenvalue weighted by Gasteiger charge is -2.13. The van der Waals surface area contributed by atoms with Gasteiger partial charge in [0.25, 0.3) is 0 Å². The first-order valence-corrected chi connectivity index (χ1v) is 8.12. The highest BCUT2D eigenvalue weighted by molar-refractivity contribution is 8.00. The summed E-state index contributed by atoms with van der Waals surface area (Å²) in [7, 11) is 1.19. The van der Waals surface area contributed by atoms with E-state index in [9.17, 15) is 18.0 Å². The molecule has 0 saturated carbocycles. The summed E-state index contributed by atoms with van der Waals surface area (Å²) in [6, 6.07) is 4.55. The molecule has 0 bridgehead atoms. The summed E-state index contributed by atoms with van der Waals surface area (Å²) < 4.78 is 38.9. The minimum Gasteiger partial charge on any atom is -0.324 e. The van der Waals surface area contributed by atoms with Crippen LogP contribution in [0, 0.1) is 0 Å². The molecule has 0 fully saturated rings.